The fraction of sp³-hybridized carbons (Fsp3) is 0.529. The number of allylic oxidation sites excluding steroid dienone is 4. The predicted molar refractivity (Wildman–Crippen MR) is 97.6 cm³/mol. The van der Waals surface area contributed by atoms with Crippen LogP contribution >= 0.6 is 11.3 Å². The molecule has 7 heteroatoms. The maximum absolute atomic E-state index is 11.9. The van der Waals surface area contributed by atoms with Gasteiger partial charge in [0, 0.05) is 12.1 Å². The van der Waals surface area contributed by atoms with Crippen LogP contribution in [-0.4, -0.2) is 25.7 Å². The normalized spacial score (nSPS) is 14.2. The average Bonchev–Trinajstić information content (AvgIpc) is 3.10. The van der Waals surface area contributed by atoms with Gasteiger partial charge in [0.05, 0.1) is 0 Å². The molecule has 0 bridgehead atoms. The second-order valence-corrected chi connectivity index (χ2v) is 6.97. The van der Waals surface area contributed by atoms with Gasteiger partial charge in [-0.25, -0.2) is 0 Å². The molecule has 2 heterocycles. The monoisotopic (exact) mass is 347 g/mol. The molecule has 0 saturated heterocycles. The van der Waals surface area contributed by atoms with Crippen molar-refractivity contribution in [2.45, 2.75) is 53.9 Å². The smallest absolute Gasteiger partial charge is 0.234 e. The van der Waals surface area contributed by atoms with Gasteiger partial charge in [-0.15, -0.1) is 10.2 Å². The lowest BCUT2D eigenvalue weighted by atomic mass is 10.1. The molecular formula is C17H25N5OS. The molecule has 1 N–H and O–H groups in total. The lowest BCUT2D eigenvalue weighted by Gasteiger charge is -2.09. The molecule has 2 rings (SSSR count). The molecule has 2 aromatic rings. The fourth-order valence-corrected chi connectivity index (χ4v) is 3.16. The molecule has 2 aromatic heterocycles. The highest BCUT2D eigenvalue weighted by atomic mass is 32.1. The van der Waals surface area contributed by atoms with Crippen molar-refractivity contribution in [3.8, 4) is 0 Å². The highest BCUT2D eigenvalue weighted by molar-refractivity contribution is 7.17. The van der Waals surface area contributed by atoms with Gasteiger partial charge >= 0.3 is 0 Å². The summed E-state index contributed by atoms with van der Waals surface area (Å²) >= 11 is 1.52. The Hall–Kier alpha value is -2.02. The zero-order valence-corrected chi connectivity index (χ0v) is 15.8. The van der Waals surface area contributed by atoms with Gasteiger partial charge in [0.15, 0.2) is 5.82 Å². The Balaban J connectivity index is 2.10. The highest BCUT2D eigenvalue weighted by Crippen LogP contribution is 2.24. The summed E-state index contributed by atoms with van der Waals surface area (Å²) < 4.78 is 1.76. The topological polar surface area (TPSA) is 72.2 Å². The second-order valence-electron chi connectivity index (χ2n) is 6.01. The number of carbonyl (C=O) groups excluding carboxylic acids is 1. The molecule has 130 valence electrons. The summed E-state index contributed by atoms with van der Waals surface area (Å²) in [5.74, 6) is 1.26. The zero-order chi connectivity index (χ0) is 17.7. The van der Waals surface area contributed by atoms with Crippen molar-refractivity contribution in [2.75, 3.05) is 0 Å². The van der Waals surface area contributed by atoms with E-state index in [1.54, 1.807) is 4.52 Å². The Labute approximate surface area is 146 Å². The third-order valence-corrected chi connectivity index (χ3v) is 4.88. The molecule has 0 aliphatic heterocycles. The number of hydrogen-bond donors (Lipinski definition) is 1. The summed E-state index contributed by atoms with van der Waals surface area (Å²) in [5.41, 5.74) is 1.95. The summed E-state index contributed by atoms with van der Waals surface area (Å²) in [5, 5.41) is 16.5. The van der Waals surface area contributed by atoms with Crippen molar-refractivity contribution in [3.63, 3.8) is 0 Å². The molecule has 24 heavy (non-hydrogen) atoms. The van der Waals surface area contributed by atoms with Gasteiger partial charge in [0.1, 0.15) is 5.01 Å². The standard InChI is InChI=1S/C17H25N5OS/c1-6-11(3)10-15(23)18-12(4)8-9-14(7-2)16-21-22-13(5)19-20-17(22)24-16/h8-9,11H,6-7,10H2,1-5H3,(H,18,23)/b12-8+,14-9+. The van der Waals surface area contributed by atoms with Crippen LogP contribution in [0.25, 0.3) is 10.5 Å². The van der Waals surface area contributed by atoms with Gasteiger partial charge in [-0.2, -0.15) is 9.61 Å². The van der Waals surface area contributed by atoms with E-state index in [1.807, 2.05) is 26.0 Å². The van der Waals surface area contributed by atoms with Gasteiger partial charge in [-0.3, -0.25) is 4.79 Å². The Kier molecular flexibility index (Phi) is 6.25. The van der Waals surface area contributed by atoms with Gasteiger partial charge < -0.3 is 5.32 Å². The van der Waals surface area contributed by atoms with Crippen LogP contribution < -0.4 is 5.32 Å². The number of nitrogens with zero attached hydrogens (tertiary/aromatic N) is 4. The van der Waals surface area contributed by atoms with Crippen molar-refractivity contribution in [3.05, 3.63) is 28.7 Å². The second kappa shape index (κ2) is 8.19. The van der Waals surface area contributed by atoms with E-state index < -0.39 is 0 Å². The molecule has 0 radical (unpaired) electrons. The van der Waals surface area contributed by atoms with Crippen LogP contribution in [0.1, 0.15) is 57.8 Å². The van der Waals surface area contributed by atoms with E-state index in [0.717, 1.165) is 39.9 Å². The quantitative estimate of drug-likeness (QED) is 0.774. The average molecular weight is 347 g/mol. The largest absolute Gasteiger partial charge is 0.330 e. The van der Waals surface area contributed by atoms with Crippen molar-refractivity contribution in [1.82, 2.24) is 25.1 Å². The maximum atomic E-state index is 11.9. The molecule has 0 aromatic carbocycles. The van der Waals surface area contributed by atoms with Crippen LogP contribution in [0.2, 0.25) is 0 Å². The minimum Gasteiger partial charge on any atom is -0.330 e. The van der Waals surface area contributed by atoms with Gasteiger partial charge in [0.25, 0.3) is 0 Å². The number of hydrogen-bond acceptors (Lipinski definition) is 5. The summed E-state index contributed by atoms with van der Waals surface area (Å²) in [4.78, 5) is 12.7. The first-order chi connectivity index (χ1) is 11.4. The number of fused-ring (bicyclic) bond motifs is 1. The molecule has 0 aliphatic carbocycles. The first kappa shape index (κ1) is 18.3. The molecule has 0 aliphatic rings. The molecule has 0 fully saturated rings. The van der Waals surface area contributed by atoms with E-state index in [1.165, 1.54) is 11.3 Å². The van der Waals surface area contributed by atoms with Crippen molar-refractivity contribution < 1.29 is 4.79 Å². The third-order valence-electron chi connectivity index (χ3n) is 3.90. The highest BCUT2D eigenvalue weighted by Gasteiger charge is 2.11. The molecule has 0 spiro atoms. The molecule has 0 saturated carbocycles. The van der Waals surface area contributed by atoms with E-state index in [4.69, 9.17) is 0 Å². The summed E-state index contributed by atoms with van der Waals surface area (Å²) in [7, 11) is 0. The molecule has 1 atom stereocenters. The van der Waals surface area contributed by atoms with Crippen LogP contribution in [0.15, 0.2) is 17.8 Å². The zero-order valence-electron chi connectivity index (χ0n) is 15.0. The lowest BCUT2D eigenvalue weighted by molar-refractivity contribution is -0.121. The van der Waals surface area contributed by atoms with E-state index >= 15 is 0 Å². The number of aromatic nitrogens is 4. The third kappa shape index (κ3) is 4.50. The summed E-state index contributed by atoms with van der Waals surface area (Å²) in [6.45, 7) is 10.1. The summed E-state index contributed by atoms with van der Waals surface area (Å²) in [6.07, 6.45) is 6.37. The minimum atomic E-state index is 0.0685. The Bertz CT molecular complexity index is 771. The van der Waals surface area contributed by atoms with E-state index in [0.29, 0.717) is 12.3 Å². The number of rotatable bonds is 7. The summed E-state index contributed by atoms with van der Waals surface area (Å²) in [6, 6.07) is 0. The van der Waals surface area contributed by atoms with Crippen LogP contribution in [0, 0.1) is 12.8 Å². The van der Waals surface area contributed by atoms with Crippen molar-refractivity contribution in [2.24, 2.45) is 5.92 Å². The molecule has 6 nitrogen and oxygen atoms in total. The van der Waals surface area contributed by atoms with Gasteiger partial charge in [-0.05, 0) is 37.8 Å². The van der Waals surface area contributed by atoms with Crippen LogP contribution in [0.5, 0.6) is 0 Å². The number of amides is 1. The first-order valence-electron chi connectivity index (χ1n) is 8.31. The number of nitrogens with one attached hydrogen (secondary N) is 1. The fourth-order valence-electron chi connectivity index (χ4n) is 2.18. The SMILES string of the molecule is CC/C(=C\C=C(/C)NC(=O)CC(C)CC)c1nn2c(C)nnc2s1. The minimum absolute atomic E-state index is 0.0685. The van der Waals surface area contributed by atoms with Crippen LogP contribution in [0.3, 0.4) is 0 Å². The van der Waals surface area contributed by atoms with Gasteiger partial charge in [0.2, 0.25) is 10.9 Å². The van der Waals surface area contributed by atoms with E-state index in [-0.39, 0.29) is 5.91 Å². The molecule has 1 unspecified atom stereocenters. The van der Waals surface area contributed by atoms with E-state index in [2.05, 4.69) is 41.4 Å². The van der Waals surface area contributed by atoms with Gasteiger partial charge in [-0.1, -0.05) is 44.6 Å². The maximum Gasteiger partial charge on any atom is 0.234 e. The Morgan fingerprint density at radius 1 is 1.33 bits per heavy atom. The first-order valence-corrected chi connectivity index (χ1v) is 9.12. The molecule has 1 amide bonds. The van der Waals surface area contributed by atoms with Crippen LogP contribution in [-0.2, 0) is 4.79 Å². The van der Waals surface area contributed by atoms with Crippen molar-refractivity contribution >= 4 is 27.8 Å². The number of carbonyl (C=O) groups is 1. The lowest BCUT2D eigenvalue weighted by Crippen LogP contribution is -2.22. The molecular weight excluding hydrogens is 322 g/mol. The Morgan fingerprint density at radius 2 is 2.08 bits per heavy atom. The van der Waals surface area contributed by atoms with Crippen LogP contribution in [0.4, 0.5) is 0 Å². The predicted octanol–water partition coefficient (Wildman–Crippen LogP) is 3.74. The van der Waals surface area contributed by atoms with Crippen molar-refractivity contribution in [1.29, 1.82) is 0 Å². The van der Waals surface area contributed by atoms with E-state index in [9.17, 15) is 4.79 Å². The number of aryl methyl sites for hydroxylation is 1. The Morgan fingerprint density at radius 3 is 2.71 bits per heavy atom.